The maximum absolute atomic E-state index is 14.5. The van der Waals surface area contributed by atoms with Gasteiger partial charge in [0.25, 0.3) is 0 Å². The van der Waals surface area contributed by atoms with Crippen molar-refractivity contribution in [1.29, 1.82) is 0 Å². The molecule has 1 N–H and O–H groups in total. The van der Waals surface area contributed by atoms with E-state index in [0.29, 0.717) is 24.6 Å². The molecule has 0 radical (unpaired) electrons. The van der Waals surface area contributed by atoms with Crippen LogP contribution in [-0.2, 0) is 31.1 Å². The fraction of sp³-hybridized carbons (Fsp3) is 0.476. The first-order chi connectivity index (χ1) is 26.8. The molecule has 2 aliphatic heterocycles. The Balaban J connectivity index is 0.999. The molecule has 7 rings (SSSR count). The first-order valence-electron chi connectivity index (χ1n) is 19.5. The summed E-state index contributed by atoms with van der Waals surface area (Å²) in [4.78, 5) is 38.7. The minimum Gasteiger partial charge on any atom is -0.310 e. The van der Waals surface area contributed by atoms with Gasteiger partial charge in [0.1, 0.15) is 16.9 Å². The molecule has 1 aliphatic carbocycles. The summed E-state index contributed by atoms with van der Waals surface area (Å²) in [7, 11) is 1.38. The van der Waals surface area contributed by atoms with Gasteiger partial charge in [-0.2, -0.15) is 18.3 Å². The second-order valence-electron chi connectivity index (χ2n) is 15.7. The molecule has 4 heterocycles. The van der Waals surface area contributed by atoms with Crippen molar-refractivity contribution >= 4 is 34.8 Å². The van der Waals surface area contributed by atoms with Crippen LogP contribution in [0.5, 0.6) is 0 Å². The molecule has 0 bridgehead atoms. The van der Waals surface area contributed by atoms with Gasteiger partial charge in [0.15, 0.2) is 17.3 Å². The molecule has 2 fully saturated rings. The Labute approximate surface area is 330 Å². The molecular weight excluding hydrogens is 746 g/mol. The number of aromatic nitrogens is 3. The van der Waals surface area contributed by atoms with Crippen LogP contribution in [0.3, 0.4) is 0 Å². The summed E-state index contributed by atoms with van der Waals surface area (Å²) in [5, 5.41) is 6.74. The monoisotopic (exact) mass is 793 g/mol. The van der Waals surface area contributed by atoms with Gasteiger partial charge in [-0.05, 0) is 93.2 Å². The number of alkyl halides is 3. The number of hydrogen-bond donors (Lipinski definition) is 1. The smallest absolute Gasteiger partial charge is 0.310 e. The number of nitrogens with one attached hydrogen (secondary N) is 1. The quantitative estimate of drug-likeness (QED) is 0.121. The summed E-state index contributed by atoms with van der Waals surface area (Å²) in [6.45, 7) is 9.51. The van der Waals surface area contributed by atoms with Crippen molar-refractivity contribution in [2.75, 3.05) is 31.1 Å². The lowest BCUT2D eigenvalue weighted by molar-refractivity contribution is -0.142. The Kier molecular flexibility index (Phi) is 12.0. The van der Waals surface area contributed by atoms with Gasteiger partial charge in [-0.25, -0.2) is 9.37 Å². The molecule has 1 saturated carbocycles. The zero-order chi connectivity index (χ0) is 39.7. The number of Topliss-reactive ketones (excluding diaryl/α,β-unsaturated/α-hetero) is 1. The average Bonchev–Trinajstić information content (AvgIpc) is 3.48. The van der Waals surface area contributed by atoms with Crippen LogP contribution >= 0.6 is 11.6 Å². The van der Waals surface area contributed by atoms with Gasteiger partial charge in [-0.15, -0.1) is 0 Å². The Morgan fingerprint density at radius 3 is 2.32 bits per heavy atom. The molecule has 2 aromatic carbocycles. The number of nitrogens with zero attached hydrogens (tertiary/aromatic N) is 6. The molecule has 0 spiro atoms. The fourth-order valence-corrected chi connectivity index (χ4v) is 8.61. The number of aryl methyl sites for hydroxylation is 1. The maximum Gasteiger partial charge on any atom is 0.435 e. The van der Waals surface area contributed by atoms with E-state index in [1.165, 1.54) is 17.5 Å². The summed E-state index contributed by atoms with van der Waals surface area (Å²) in [6.07, 6.45) is 0.333. The van der Waals surface area contributed by atoms with Crippen LogP contribution in [0.2, 0.25) is 5.15 Å². The molecule has 1 saturated heterocycles. The number of halogens is 5. The van der Waals surface area contributed by atoms with Crippen molar-refractivity contribution in [3.63, 3.8) is 0 Å². The lowest BCUT2D eigenvalue weighted by Crippen LogP contribution is -2.48. The minimum absolute atomic E-state index is 0.00725. The van der Waals surface area contributed by atoms with E-state index in [2.05, 4.69) is 63.3 Å². The molecular formula is C42H48ClF4N7O2. The first-order valence-corrected chi connectivity index (χ1v) is 19.9. The van der Waals surface area contributed by atoms with E-state index in [1.807, 2.05) is 18.2 Å². The van der Waals surface area contributed by atoms with Crippen molar-refractivity contribution in [3.05, 3.63) is 94.1 Å². The summed E-state index contributed by atoms with van der Waals surface area (Å²) >= 11 is 6.14. The van der Waals surface area contributed by atoms with Gasteiger partial charge in [0, 0.05) is 64.0 Å². The first kappa shape index (κ1) is 40.0. The van der Waals surface area contributed by atoms with E-state index < -0.39 is 35.3 Å². The zero-order valence-electron chi connectivity index (χ0n) is 32.0. The van der Waals surface area contributed by atoms with Crippen LogP contribution in [0.15, 0.2) is 60.8 Å². The number of benzene rings is 2. The predicted molar refractivity (Wildman–Crippen MR) is 208 cm³/mol. The Morgan fingerprint density at radius 1 is 0.929 bits per heavy atom. The Hall–Kier alpha value is -4.17. The zero-order valence-corrected chi connectivity index (χ0v) is 32.7. The summed E-state index contributed by atoms with van der Waals surface area (Å²) in [6, 6.07) is 17.7. The predicted octanol–water partition coefficient (Wildman–Crippen LogP) is 8.43. The molecule has 1 unspecified atom stereocenters. The number of hydrogen-bond acceptors (Lipinski definition) is 7. The van der Waals surface area contributed by atoms with Gasteiger partial charge < -0.3 is 5.32 Å². The van der Waals surface area contributed by atoms with Gasteiger partial charge in [0.2, 0.25) is 5.91 Å². The SMILES string of the molecule is CC(C)N1CCN(Cc2ccc(-c3cccc(N4C(=O)C(CCC5CCC(NCc6c(C(F)(F)F)nn(C)c6Cl)CC5)C(=O)c5cc(F)cnc54)c3)cc2)CC1. The van der Waals surface area contributed by atoms with Crippen molar-refractivity contribution in [2.45, 2.75) is 83.7 Å². The van der Waals surface area contributed by atoms with Crippen molar-refractivity contribution in [3.8, 4) is 11.1 Å². The highest BCUT2D eigenvalue weighted by Crippen LogP contribution is 2.40. The number of carbonyl (C=O) groups is 2. The summed E-state index contributed by atoms with van der Waals surface area (Å²) < 4.78 is 56.1. The molecule has 56 heavy (non-hydrogen) atoms. The molecule has 14 heteroatoms. The van der Waals surface area contributed by atoms with Crippen LogP contribution in [0, 0.1) is 17.7 Å². The van der Waals surface area contributed by atoms with E-state index >= 15 is 0 Å². The second-order valence-corrected chi connectivity index (χ2v) is 16.0. The van der Waals surface area contributed by atoms with Crippen molar-refractivity contribution < 1.29 is 27.2 Å². The molecule has 2 aromatic heterocycles. The molecule has 1 amide bonds. The number of carbonyl (C=O) groups excluding carboxylic acids is 2. The van der Waals surface area contributed by atoms with Crippen LogP contribution in [0.4, 0.5) is 29.1 Å². The standard InChI is InChI=1S/C42H48ClF4N7O2/c1-26(2)53-19-17-52(18-20-53)25-28-7-12-29(13-8-28)30-5-4-6-33(21-30)54-40-35(22-31(44)23-49-40)37(55)34(41(54)56)16-11-27-9-14-32(15-10-27)48-24-36-38(42(45,46)47)50-51(3)39(36)43/h4-8,12-13,21-23,26-27,32,34,48H,9-11,14-20,24-25H2,1-3H3. The lowest BCUT2D eigenvalue weighted by atomic mass is 9.79. The lowest BCUT2D eigenvalue weighted by Gasteiger charge is -2.36. The van der Waals surface area contributed by atoms with E-state index in [-0.39, 0.29) is 40.6 Å². The number of fused-ring (bicyclic) bond motifs is 1. The van der Waals surface area contributed by atoms with Gasteiger partial charge in [-0.1, -0.05) is 48.0 Å². The number of amides is 1. The summed E-state index contributed by atoms with van der Waals surface area (Å²) in [5.74, 6) is -2.14. The number of piperazine rings is 1. The van der Waals surface area contributed by atoms with Crippen LogP contribution in [0.1, 0.15) is 79.6 Å². The number of ketones is 1. The van der Waals surface area contributed by atoms with Gasteiger partial charge in [-0.3, -0.25) is 29.0 Å². The summed E-state index contributed by atoms with van der Waals surface area (Å²) in [5.41, 5.74) is 2.69. The highest BCUT2D eigenvalue weighted by atomic mass is 35.5. The van der Waals surface area contributed by atoms with Crippen molar-refractivity contribution in [1.82, 2.24) is 29.9 Å². The Bertz CT molecular complexity index is 2040. The van der Waals surface area contributed by atoms with Crippen molar-refractivity contribution in [2.24, 2.45) is 18.9 Å². The normalized spacial score (nSPS) is 21.2. The Morgan fingerprint density at radius 2 is 1.64 bits per heavy atom. The van der Waals surface area contributed by atoms with E-state index in [0.717, 1.165) is 86.5 Å². The number of rotatable bonds is 11. The van der Waals surface area contributed by atoms with Crippen LogP contribution in [0.25, 0.3) is 11.1 Å². The topological polar surface area (TPSA) is 86.6 Å². The highest BCUT2D eigenvalue weighted by Gasteiger charge is 2.42. The molecule has 9 nitrogen and oxygen atoms in total. The molecule has 3 aliphatic rings. The number of anilines is 2. The maximum atomic E-state index is 14.5. The third-order valence-corrected chi connectivity index (χ3v) is 12.2. The third kappa shape index (κ3) is 8.70. The van der Waals surface area contributed by atoms with Crippen LogP contribution in [-0.4, -0.2) is 74.5 Å². The molecule has 298 valence electrons. The highest BCUT2D eigenvalue weighted by molar-refractivity contribution is 6.30. The fourth-order valence-electron chi connectivity index (χ4n) is 8.41. The largest absolute Gasteiger partial charge is 0.435 e. The van der Waals surface area contributed by atoms with E-state index in [1.54, 1.807) is 6.07 Å². The molecule has 1 atom stereocenters. The van der Waals surface area contributed by atoms with E-state index in [9.17, 15) is 27.2 Å². The molecule has 4 aromatic rings. The van der Waals surface area contributed by atoms with Gasteiger partial charge in [0.05, 0.1) is 17.4 Å². The van der Waals surface area contributed by atoms with E-state index in [4.69, 9.17) is 11.6 Å². The van der Waals surface area contributed by atoms with Crippen LogP contribution < -0.4 is 10.2 Å². The van der Waals surface area contributed by atoms with Gasteiger partial charge >= 0.3 is 6.18 Å². The minimum atomic E-state index is -4.61. The average molecular weight is 794 g/mol. The second kappa shape index (κ2) is 16.7. The number of pyridine rings is 1. The third-order valence-electron chi connectivity index (χ3n) is 11.7.